The molecule has 0 aromatic heterocycles. The van der Waals surface area contributed by atoms with Gasteiger partial charge in [0, 0.05) is 38.3 Å². The van der Waals surface area contributed by atoms with Crippen LogP contribution in [-0.4, -0.2) is 41.3 Å². The fraction of sp³-hybridized carbons (Fsp3) is 0.545. The lowest BCUT2D eigenvalue weighted by Crippen LogP contribution is -2.37. The van der Waals surface area contributed by atoms with Crippen molar-refractivity contribution < 1.29 is 24.5 Å². The molecule has 0 bridgehead atoms. The molecular weight excluding hydrogens is 504 g/mol. The Bertz CT molecular complexity index is 815. The molecule has 0 heterocycles. The minimum atomic E-state index is -0.870. The van der Waals surface area contributed by atoms with Crippen LogP contribution in [0.4, 0.5) is 0 Å². The Morgan fingerprint density at radius 2 is 1.93 bits per heavy atom. The minimum absolute atomic E-state index is 0.0487. The van der Waals surface area contributed by atoms with Crippen LogP contribution in [0.25, 0.3) is 0 Å². The van der Waals surface area contributed by atoms with E-state index in [0.717, 1.165) is 4.47 Å². The van der Waals surface area contributed by atoms with E-state index in [9.17, 15) is 19.8 Å². The number of halogens is 2. The number of aliphatic hydroxyl groups excluding tert-OH is 2. The number of hydrogen-bond acceptors (Lipinski definition) is 5. The van der Waals surface area contributed by atoms with Gasteiger partial charge >= 0.3 is 5.97 Å². The van der Waals surface area contributed by atoms with E-state index in [0.29, 0.717) is 15.6 Å². The summed E-state index contributed by atoms with van der Waals surface area (Å²) in [5.74, 6) is -2.08. The van der Waals surface area contributed by atoms with Crippen molar-refractivity contribution in [2.24, 2.45) is 23.2 Å². The summed E-state index contributed by atoms with van der Waals surface area (Å²) < 4.78 is 6.45. The van der Waals surface area contributed by atoms with Crippen molar-refractivity contribution in [3.05, 3.63) is 44.4 Å². The number of benzene rings is 1. The van der Waals surface area contributed by atoms with Crippen LogP contribution < -0.4 is 0 Å². The molecule has 2 rings (SSSR count). The smallest absolute Gasteiger partial charge is 0.333 e. The van der Waals surface area contributed by atoms with Crippen molar-refractivity contribution in [2.75, 3.05) is 7.11 Å². The molecule has 0 saturated heterocycles. The number of hydrogen-bond donors (Lipinski definition) is 2. The largest absolute Gasteiger partial charge is 0.466 e. The van der Waals surface area contributed by atoms with Gasteiger partial charge in [0.2, 0.25) is 0 Å². The average molecular weight is 532 g/mol. The molecule has 29 heavy (non-hydrogen) atoms. The lowest BCUT2D eigenvalue weighted by atomic mass is 9.72. The van der Waals surface area contributed by atoms with Crippen molar-refractivity contribution in [3.63, 3.8) is 0 Å². The number of carbonyl (C=O) groups is 2. The molecule has 0 spiro atoms. The number of Topliss-reactive ketones (excluding diaryl/α,β-unsaturated/α-hetero) is 1. The van der Waals surface area contributed by atoms with E-state index in [1.165, 1.54) is 7.11 Å². The second-order valence-corrected chi connectivity index (χ2v) is 9.98. The third-order valence-electron chi connectivity index (χ3n) is 6.14. The first-order valence-corrected chi connectivity index (χ1v) is 11.1. The molecule has 1 aromatic rings. The number of ether oxygens (including phenoxy) is 1. The Morgan fingerprint density at radius 1 is 1.31 bits per heavy atom. The van der Waals surface area contributed by atoms with Crippen LogP contribution in [0, 0.1) is 23.2 Å². The lowest BCUT2D eigenvalue weighted by Gasteiger charge is -2.34. The van der Waals surface area contributed by atoms with Crippen molar-refractivity contribution in [2.45, 2.75) is 46.3 Å². The van der Waals surface area contributed by atoms with Crippen molar-refractivity contribution in [1.29, 1.82) is 0 Å². The van der Waals surface area contributed by atoms with E-state index in [-0.39, 0.29) is 12.2 Å². The maximum absolute atomic E-state index is 13.1. The second kappa shape index (κ2) is 9.41. The number of ketones is 1. The van der Waals surface area contributed by atoms with Crippen molar-refractivity contribution in [3.8, 4) is 0 Å². The summed E-state index contributed by atoms with van der Waals surface area (Å²) in [5, 5.41) is 21.7. The Balaban J connectivity index is 2.50. The maximum atomic E-state index is 13.1. The lowest BCUT2D eigenvalue weighted by molar-refractivity contribution is -0.137. The first-order chi connectivity index (χ1) is 13.5. The molecule has 7 heteroatoms. The highest BCUT2D eigenvalue weighted by atomic mass is 79.9. The Hall–Kier alpha value is -1.02. The van der Waals surface area contributed by atoms with Gasteiger partial charge in [-0.25, -0.2) is 4.79 Å². The molecule has 0 radical (unpaired) electrons. The van der Waals surface area contributed by atoms with Gasteiger partial charge in [0.1, 0.15) is 0 Å². The number of rotatable bonds is 6. The van der Waals surface area contributed by atoms with Gasteiger partial charge in [-0.05, 0) is 43.4 Å². The first-order valence-electron chi connectivity index (χ1n) is 9.56. The van der Waals surface area contributed by atoms with E-state index in [4.69, 9.17) is 4.74 Å². The summed E-state index contributed by atoms with van der Waals surface area (Å²) in [6, 6.07) is 5.31. The average Bonchev–Trinajstić information content (AvgIpc) is 2.82. The standard InChI is InChI=1S/C22H28Br2O5/c1-6-13(21(28)29-5)18-15(20(27)22(3,4)19(18)11(2)25)10-17(26)14-8-7-12(23)9-16(14)24/h6-9,11,15,18-20,25,27H,10H2,1-5H3/b13-6+/t11?,15-,18-,19-,20-/m0/s1. The van der Waals surface area contributed by atoms with Gasteiger partial charge < -0.3 is 14.9 Å². The monoisotopic (exact) mass is 530 g/mol. The van der Waals surface area contributed by atoms with Crippen LogP contribution in [0.1, 0.15) is 44.5 Å². The molecule has 5 atom stereocenters. The summed E-state index contributed by atoms with van der Waals surface area (Å²) in [7, 11) is 1.30. The molecule has 0 aliphatic heterocycles. The zero-order valence-corrected chi connectivity index (χ0v) is 20.5. The topological polar surface area (TPSA) is 83.8 Å². The second-order valence-electron chi connectivity index (χ2n) is 8.21. The van der Waals surface area contributed by atoms with Crippen molar-refractivity contribution >= 4 is 43.6 Å². The normalized spacial score (nSPS) is 27.6. The molecule has 5 nitrogen and oxygen atoms in total. The molecule has 1 fully saturated rings. The molecule has 1 unspecified atom stereocenters. The van der Waals surface area contributed by atoms with Crippen LogP contribution >= 0.6 is 31.9 Å². The Labute approximate surface area is 188 Å². The zero-order chi connectivity index (χ0) is 22.1. The first kappa shape index (κ1) is 24.3. The number of aliphatic hydroxyl groups is 2. The molecule has 1 aromatic carbocycles. The van der Waals surface area contributed by atoms with Crippen LogP contribution in [0.5, 0.6) is 0 Å². The summed E-state index contributed by atoms with van der Waals surface area (Å²) in [4.78, 5) is 25.6. The quantitative estimate of drug-likeness (QED) is 0.320. The van der Waals surface area contributed by atoms with Gasteiger partial charge in [0.25, 0.3) is 0 Å². The molecule has 2 N–H and O–H groups in total. The number of allylic oxidation sites excluding steroid dienone is 1. The molecule has 160 valence electrons. The highest BCUT2D eigenvalue weighted by Gasteiger charge is 2.58. The molecular formula is C22H28Br2O5. The van der Waals surface area contributed by atoms with Crippen molar-refractivity contribution in [1.82, 2.24) is 0 Å². The molecule has 1 saturated carbocycles. The number of methoxy groups -OCH3 is 1. The van der Waals surface area contributed by atoms with Crippen LogP contribution in [0.2, 0.25) is 0 Å². The minimum Gasteiger partial charge on any atom is -0.466 e. The summed E-state index contributed by atoms with van der Waals surface area (Å²) >= 11 is 6.80. The van der Waals surface area contributed by atoms with Gasteiger partial charge in [-0.2, -0.15) is 0 Å². The predicted octanol–water partition coefficient (Wildman–Crippen LogP) is 4.53. The maximum Gasteiger partial charge on any atom is 0.333 e. The predicted molar refractivity (Wildman–Crippen MR) is 119 cm³/mol. The SMILES string of the molecule is C/C=C(/C(=O)OC)[C@H]1[C@H](CC(=O)c2ccc(Br)cc2Br)[C@H](O)C(C)(C)[C@H]1C(C)O. The van der Waals surface area contributed by atoms with Gasteiger partial charge in [-0.3, -0.25) is 4.79 Å². The fourth-order valence-corrected chi connectivity index (χ4v) is 6.13. The van der Waals surface area contributed by atoms with Gasteiger partial charge in [0.15, 0.2) is 5.78 Å². The number of carbonyl (C=O) groups excluding carboxylic acids is 2. The summed E-state index contributed by atoms with van der Waals surface area (Å²) in [6.07, 6.45) is 0.0636. The van der Waals surface area contributed by atoms with Gasteiger partial charge in [-0.1, -0.05) is 51.8 Å². The third kappa shape index (κ3) is 4.68. The van der Waals surface area contributed by atoms with E-state index in [1.54, 1.807) is 38.1 Å². The van der Waals surface area contributed by atoms with E-state index >= 15 is 0 Å². The zero-order valence-electron chi connectivity index (χ0n) is 17.3. The highest BCUT2D eigenvalue weighted by molar-refractivity contribution is 9.11. The summed E-state index contributed by atoms with van der Waals surface area (Å²) in [5.41, 5.74) is 0.205. The van der Waals surface area contributed by atoms with Crippen LogP contribution in [0.3, 0.4) is 0 Å². The van der Waals surface area contributed by atoms with Gasteiger partial charge in [0.05, 0.1) is 19.3 Å². The van der Waals surface area contributed by atoms with E-state index in [1.807, 2.05) is 13.8 Å². The Morgan fingerprint density at radius 3 is 2.41 bits per heavy atom. The fourth-order valence-electron chi connectivity index (χ4n) is 4.86. The summed E-state index contributed by atoms with van der Waals surface area (Å²) in [6.45, 7) is 7.12. The van der Waals surface area contributed by atoms with Crippen LogP contribution in [-0.2, 0) is 9.53 Å². The Kier molecular flexibility index (Phi) is 7.87. The van der Waals surface area contributed by atoms with E-state index < -0.39 is 41.3 Å². The van der Waals surface area contributed by atoms with Gasteiger partial charge in [-0.15, -0.1) is 0 Å². The highest BCUT2D eigenvalue weighted by Crippen LogP contribution is 2.55. The van der Waals surface area contributed by atoms with Crippen LogP contribution in [0.15, 0.2) is 38.8 Å². The molecule has 1 aliphatic rings. The molecule has 1 aliphatic carbocycles. The molecule has 0 amide bonds. The van der Waals surface area contributed by atoms with E-state index in [2.05, 4.69) is 31.9 Å². The number of esters is 1. The third-order valence-corrected chi connectivity index (χ3v) is 7.29.